The Kier molecular flexibility index (Phi) is 5.07. The highest BCUT2D eigenvalue weighted by atomic mass is 35.5. The van der Waals surface area contributed by atoms with Crippen LogP contribution in [0, 0.1) is 12.4 Å². The van der Waals surface area contributed by atoms with E-state index in [1.165, 1.54) is 19.1 Å². The molecule has 4 rings (SSSR count). The Morgan fingerprint density at radius 2 is 1.87 bits per heavy atom. The summed E-state index contributed by atoms with van der Waals surface area (Å²) >= 11 is 6.06. The van der Waals surface area contributed by atoms with E-state index in [9.17, 15) is 14.3 Å². The molecule has 1 N–H and O–H groups in total. The smallest absolute Gasteiger partial charge is 0.205 e. The van der Waals surface area contributed by atoms with Crippen molar-refractivity contribution in [3.8, 4) is 0 Å². The van der Waals surface area contributed by atoms with Crippen LogP contribution in [0.1, 0.15) is 12.5 Å². The van der Waals surface area contributed by atoms with E-state index in [4.69, 9.17) is 18.2 Å². The molecule has 6 heteroatoms. The number of carbonyl (C=O) groups is 1. The lowest BCUT2D eigenvalue weighted by molar-refractivity contribution is -0.136. The molecular weight excluding hydrogens is 403 g/mol. The van der Waals surface area contributed by atoms with E-state index < -0.39 is 5.60 Å². The number of aliphatic hydroxyl groups is 1. The lowest BCUT2D eigenvalue weighted by atomic mass is 9.94. The Morgan fingerprint density at radius 3 is 2.60 bits per heavy atom. The molecule has 4 aromatic rings. The Hall–Kier alpha value is -3.20. The molecule has 30 heavy (non-hydrogen) atoms. The van der Waals surface area contributed by atoms with Gasteiger partial charge in [0.1, 0.15) is 11.4 Å². The zero-order valence-electron chi connectivity index (χ0n) is 16.2. The molecule has 0 spiro atoms. The summed E-state index contributed by atoms with van der Waals surface area (Å²) in [6.45, 7) is 8.56. The number of fused-ring (bicyclic) bond motifs is 3. The summed E-state index contributed by atoms with van der Waals surface area (Å²) in [5.74, 6) is -0.713. The first-order chi connectivity index (χ1) is 14.3. The van der Waals surface area contributed by atoms with Crippen LogP contribution in [-0.2, 0) is 17.8 Å². The van der Waals surface area contributed by atoms with Gasteiger partial charge in [-0.25, -0.2) is 9.24 Å². The van der Waals surface area contributed by atoms with Gasteiger partial charge in [0.05, 0.1) is 13.1 Å². The third kappa shape index (κ3) is 3.56. The summed E-state index contributed by atoms with van der Waals surface area (Å²) in [6.07, 6.45) is -0.0171. The highest BCUT2D eigenvalue weighted by Crippen LogP contribution is 2.31. The summed E-state index contributed by atoms with van der Waals surface area (Å²) < 4.78 is 15.7. The maximum Gasteiger partial charge on any atom is 0.205 e. The Bertz CT molecular complexity index is 1330. The lowest BCUT2D eigenvalue weighted by Crippen LogP contribution is -2.40. The number of halogens is 2. The molecular formula is C24H18ClFN2O2. The first-order valence-electron chi connectivity index (χ1n) is 9.38. The van der Waals surface area contributed by atoms with Crippen LogP contribution in [0.4, 0.5) is 10.1 Å². The van der Waals surface area contributed by atoms with Crippen molar-refractivity contribution in [1.29, 1.82) is 0 Å². The van der Waals surface area contributed by atoms with Crippen molar-refractivity contribution in [2.24, 2.45) is 0 Å². The number of benzene rings is 3. The van der Waals surface area contributed by atoms with Gasteiger partial charge in [0.2, 0.25) is 5.69 Å². The largest absolute Gasteiger partial charge is 0.380 e. The maximum atomic E-state index is 13.8. The number of hydrogen-bond donors (Lipinski definition) is 1. The molecule has 0 fully saturated rings. The van der Waals surface area contributed by atoms with Gasteiger partial charge in [-0.15, -0.1) is 0 Å². The number of rotatable bonds is 5. The minimum atomic E-state index is -1.66. The predicted octanol–water partition coefficient (Wildman–Crippen LogP) is 5.70. The van der Waals surface area contributed by atoms with E-state index in [2.05, 4.69) is 4.85 Å². The van der Waals surface area contributed by atoms with Crippen LogP contribution in [0.15, 0.2) is 60.7 Å². The van der Waals surface area contributed by atoms with Gasteiger partial charge >= 0.3 is 0 Å². The fourth-order valence-corrected chi connectivity index (χ4v) is 3.96. The molecule has 0 aliphatic heterocycles. The minimum Gasteiger partial charge on any atom is -0.380 e. The van der Waals surface area contributed by atoms with Gasteiger partial charge in [0, 0.05) is 33.2 Å². The van der Waals surface area contributed by atoms with Gasteiger partial charge in [-0.3, -0.25) is 4.79 Å². The fraction of sp³-hybridized carbons (Fsp3) is 0.167. The van der Waals surface area contributed by atoms with Gasteiger partial charge in [-0.05, 0) is 36.8 Å². The van der Waals surface area contributed by atoms with Crippen molar-refractivity contribution < 1.29 is 14.3 Å². The van der Waals surface area contributed by atoms with Gasteiger partial charge in [0.25, 0.3) is 0 Å². The normalized spacial score (nSPS) is 13.3. The lowest BCUT2D eigenvalue weighted by Gasteiger charge is -2.24. The quantitative estimate of drug-likeness (QED) is 0.421. The third-order valence-electron chi connectivity index (χ3n) is 5.30. The van der Waals surface area contributed by atoms with E-state index >= 15 is 0 Å². The molecule has 0 aliphatic rings. The fourth-order valence-electron chi connectivity index (χ4n) is 3.72. The molecule has 3 aromatic carbocycles. The average Bonchev–Trinajstić information content (AvgIpc) is 3.01. The van der Waals surface area contributed by atoms with E-state index in [1.54, 1.807) is 24.3 Å². The van der Waals surface area contributed by atoms with Crippen LogP contribution in [0.3, 0.4) is 0 Å². The second-order valence-electron chi connectivity index (χ2n) is 7.54. The van der Waals surface area contributed by atoms with Gasteiger partial charge in [0.15, 0.2) is 5.78 Å². The molecule has 150 valence electrons. The zero-order valence-corrected chi connectivity index (χ0v) is 16.9. The maximum absolute atomic E-state index is 13.8. The standard InChI is InChI=1S/C24H18ClFN2O2/c1-24(30,23(29)12-15-7-9-20(27-2)19(25)11-15)14-28-21-6-4-3-5-17(21)18-13-16(26)8-10-22(18)28/h3-11,13,30H,12,14H2,1H3/t24-/m0/s1. The highest BCUT2D eigenvalue weighted by molar-refractivity contribution is 6.33. The molecule has 0 amide bonds. The summed E-state index contributed by atoms with van der Waals surface area (Å²) in [5, 5.41) is 12.9. The summed E-state index contributed by atoms with van der Waals surface area (Å²) in [5.41, 5.74) is 0.846. The number of hydrogen-bond acceptors (Lipinski definition) is 2. The molecule has 4 nitrogen and oxygen atoms in total. The Labute approximate surface area is 177 Å². The van der Waals surface area contributed by atoms with E-state index in [0.29, 0.717) is 11.3 Å². The Balaban J connectivity index is 1.69. The summed E-state index contributed by atoms with van der Waals surface area (Å²) in [4.78, 5) is 16.2. The van der Waals surface area contributed by atoms with Crippen LogP contribution in [-0.4, -0.2) is 21.1 Å². The molecule has 0 bridgehead atoms. The van der Waals surface area contributed by atoms with Crippen LogP contribution in [0.25, 0.3) is 26.7 Å². The van der Waals surface area contributed by atoms with Crippen LogP contribution < -0.4 is 0 Å². The molecule has 0 saturated heterocycles. The number of Topliss-reactive ketones (excluding diaryl/α,β-unsaturated/α-hetero) is 1. The van der Waals surface area contributed by atoms with Crippen LogP contribution in [0.2, 0.25) is 5.02 Å². The minimum absolute atomic E-state index is 0.0171. The first-order valence-corrected chi connectivity index (χ1v) is 9.76. The number of aromatic nitrogens is 1. The second-order valence-corrected chi connectivity index (χ2v) is 7.94. The SMILES string of the molecule is [C-]#[N+]c1ccc(CC(=O)[C@@](C)(O)Cn2c3ccccc3c3cc(F)ccc32)cc1Cl. The molecule has 0 radical (unpaired) electrons. The van der Waals surface area contributed by atoms with Gasteiger partial charge in [-0.1, -0.05) is 48.0 Å². The summed E-state index contributed by atoms with van der Waals surface area (Å²) in [7, 11) is 0. The second kappa shape index (κ2) is 7.56. The zero-order chi connectivity index (χ0) is 21.5. The third-order valence-corrected chi connectivity index (χ3v) is 5.60. The number of carbonyl (C=O) groups excluding carboxylic acids is 1. The molecule has 0 unspecified atom stereocenters. The molecule has 1 aromatic heterocycles. The Morgan fingerprint density at radius 1 is 1.13 bits per heavy atom. The van der Waals surface area contributed by atoms with Crippen molar-refractivity contribution in [2.75, 3.05) is 0 Å². The van der Waals surface area contributed by atoms with Crippen molar-refractivity contribution in [3.63, 3.8) is 0 Å². The van der Waals surface area contributed by atoms with E-state index in [-0.39, 0.29) is 29.6 Å². The monoisotopic (exact) mass is 420 g/mol. The molecule has 0 aliphatic carbocycles. The number of ketones is 1. The van der Waals surface area contributed by atoms with Crippen LogP contribution in [0.5, 0.6) is 0 Å². The predicted molar refractivity (Wildman–Crippen MR) is 116 cm³/mol. The first kappa shape index (κ1) is 20.1. The number of para-hydroxylation sites is 1. The van der Waals surface area contributed by atoms with Gasteiger partial charge < -0.3 is 9.67 Å². The van der Waals surface area contributed by atoms with Gasteiger partial charge in [-0.2, -0.15) is 0 Å². The highest BCUT2D eigenvalue weighted by Gasteiger charge is 2.31. The van der Waals surface area contributed by atoms with Crippen molar-refractivity contribution in [3.05, 3.63) is 88.5 Å². The van der Waals surface area contributed by atoms with E-state index in [1.807, 2.05) is 28.8 Å². The number of nitrogens with zero attached hydrogens (tertiary/aromatic N) is 2. The van der Waals surface area contributed by atoms with Crippen molar-refractivity contribution in [1.82, 2.24) is 4.57 Å². The molecule has 0 saturated carbocycles. The molecule has 1 atom stereocenters. The van der Waals surface area contributed by atoms with Crippen LogP contribution >= 0.6 is 11.6 Å². The summed E-state index contributed by atoms with van der Waals surface area (Å²) in [6, 6.07) is 16.8. The average molecular weight is 421 g/mol. The van der Waals surface area contributed by atoms with Crippen molar-refractivity contribution >= 4 is 44.9 Å². The topological polar surface area (TPSA) is 46.6 Å². The molecule has 1 heterocycles. The van der Waals surface area contributed by atoms with E-state index in [0.717, 1.165) is 21.8 Å². The van der Waals surface area contributed by atoms with Crippen molar-refractivity contribution in [2.45, 2.75) is 25.5 Å².